The van der Waals surface area contributed by atoms with Gasteiger partial charge in [0.05, 0.1) is 22.8 Å². The molecule has 5 nitrogen and oxygen atoms in total. The van der Waals surface area contributed by atoms with Crippen molar-refractivity contribution in [3.05, 3.63) is 53.6 Å². The van der Waals surface area contributed by atoms with Crippen LogP contribution in [0.3, 0.4) is 0 Å². The number of benzene rings is 2. The van der Waals surface area contributed by atoms with Crippen molar-refractivity contribution >= 4 is 15.7 Å². The largest absolute Gasteiger partial charge is 0.492 e. The van der Waals surface area contributed by atoms with Gasteiger partial charge in [-0.05, 0) is 38.1 Å². The Morgan fingerprint density at radius 3 is 2.45 bits per heavy atom. The SMILES string of the molecule is CCOc1cc(NS(=O)(=O)c2ccc(C)cc2)ccc1C#N. The summed E-state index contributed by atoms with van der Waals surface area (Å²) in [6.07, 6.45) is 0. The molecule has 0 aromatic heterocycles. The lowest BCUT2D eigenvalue weighted by molar-refractivity contribution is 0.339. The lowest BCUT2D eigenvalue weighted by Crippen LogP contribution is -2.13. The van der Waals surface area contributed by atoms with Gasteiger partial charge in [-0.15, -0.1) is 0 Å². The van der Waals surface area contributed by atoms with Gasteiger partial charge in [0, 0.05) is 6.07 Å². The van der Waals surface area contributed by atoms with E-state index in [9.17, 15) is 8.42 Å². The maximum absolute atomic E-state index is 12.3. The van der Waals surface area contributed by atoms with Crippen LogP contribution in [0, 0.1) is 18.3 Å². The molecule has 22 heavy (non-hydrogen) atoms. The highest BCUT2D eigenvalue weighted by molar-refractivity contribution is 7.92. The van der Waals surface area contributed by atoms with Gasteiger partial charge in [-0.25, -0.2) is 8.42 Å². The van der Waals surface area contributed by atoms with Crippen molar-refractivity contribution in [2.24, 2.45) is 0 Å². The molecule has 0 atom stereocenters. The number of sulfonamides is 1. The first kappa shape index (κ1) is 15.9. The molecule has 0 aliphatic heterocycles. The van der Waals surface area contributed by atoms with E-state index in [1.54, 1.807) is 31.2 Å². The highest BCUT2D eigenvalue weighted by Gasteiger charge is 2.15. The third-order valence-corrected chi connectivity index (χ3v) is 4.38. The molecule has 0 fully saturated rings. The molecular weight excluding hydrogens is 300 g/mol. The highest BCUT2D eigenvalue weighted by atomic mass is 32.2. The molecule has 6 heteroatoms. The van der Waals surface area contributed by atoms with Crippen molar-refractivity contribution in [1.29, 1.82) is 5.26 Å². The predicted molar refractivity (Wildman–Crippen MR) is 84.3 cm³/mol. The van der Waals surface area contributed by atoms with Crippen LogP contribution >= 0.6 is 0 Å². The quantitative estimate of drug-likeness (QED) is 0.919. The Kier molecular flexibility index (Phi) is 4.68. The molecule has 0 bridgehead atoms. The van der Waals surface area contributed by atoms with Crippen LogP contribution in [0.1, 0.15) is 18.1 Å². The molecule has 0 aliphatic carbocycles. The normalized spacial score (nSPS) is 10.8. The van der Waals surface area contributed by atoms with Crippen molar-refractivity contribution in [3.63, 3.8) is 0 Å². The number of nitrogens with zero attached hydrogens (tertiary/aromatic N) is 1. The van der Waals surface area contributed by atoms with Crippen LogP contribution in [0.5, 0.6) is 5.75 Å². The second-order valence-corrected chi connectivity index (χ2v) is 6.36. The van der Waals surface area contributed by atoms with Gasteiger partial charge in [0.2, 0.25) is 0 Å². The second-order valence-electron chi connectivity index (χ2n) is 4.67. The van der Waals surface area contributed by atoms with Crippen LogP contribution < -0.4 is 9.46 Å². The molecule has 0 heterocycles. The minimum absolute atomic E-state index is 0.181. The van der Waals surface area contributed by atoms with E-state index in [0.29, 0.717) is 23.6 Å². The summed E-state index contributed by atoms with van der Waals surface area (Å²) in [6.45, 7) is 4.08. The van der Waals surface area contributed by atoms with Crippen LogP contribution in [0.2, 0.25) is 0 Å². The number of nitriles is 1. The van der Waals surface area contributed by atoms with Gasteiger partial charge in [0.15, 0.2) is 0 Å². The van der Waals surface area contributed by atoms with Crippen LogP contribution in [-0.2, 0) is 10.0 Å². The first-order valence-corrected chi connectivity index (χ1v) is 8.21. The Labute approximate surface area is 130 Å². The van der Waals surface area contributed by atoms with E-state index >= 15 is 0 Å². The van der Waals surface area contributed by atoms with E-state index in [0.717, 1.165) is 5.56 Å². The second kappa shape index (κ2) is 6.50. The fourth-order valence-corrected chi connectivity index (χ4v) is 2.93. The minimum Gasteiger partial charge on any atom is -0.492 e. The molecule has 2 aromatic carbocycles. The number of ether oxygens (including phenoxy) is 1. The summed E-state index contributed by atoms with van der Waals surface area (Å²) in [6, 6.07) is 13.1. The Morgan fingerprint density at radius 2 is 1.86 bits per heavy atom. The zero-order valence-corrected chi connectivity index (χ0v) is 13.1. The predicted octanol–water partition coefficient (Wildman–Crippen LogP) is 3.07. The molecule has 0 spiro atoms. The number of nitrogens with one attached hydrogen (secondary N) is 1. The fraction of sp³-hybridized carbons (Fsp3) is 0.188. The number of hydrogen-bond donors (Lipinski definition) is 1. The lowest BCUT2D eigenvalue weighted by atomic mass is 10.2. The van der Waals surface area contributed by atoms with E-state index in [1.165, 1.54) is 18.2 Å². The topological polar surface area (TPSA) is 79.2 Å². The van der Waals surface area contributed by atoms with Gasteiger partial charge in [-0.1, -0.05) is 17.7 Å². The Balaban J connectivity index is 2.32. The van der Waals surface area contributed by atoms with E-state index in [4.69, 9.17) is 10.00 Å². The van der Waals surface area contributed by atoms with E-state index in [-0.39, 0.29) is 4.90 Å². The smallest absolute Gasteiger partial charge is 0.261 e. The van der Waals surface area contributed by atoms with Gasteiger partial charge < -0.3 is 4.74 Å². The molecule has 114 valence electrons. The Hall–Kier alpha value is -2.52. The van der Waals surface area contributed by atoms with Crippen LogP contribution in [0.15, 0.2) is 47.4 Å². The maximum atomic E-state index is 12.3. The van der Waals surface area contributed by atoms with E-state index < -0.39 is 10.0 Å². The summed E-state index contributed by atoms with van der Waals surface area (Å²) >= 11 is 0. The fourth-order valence-electron chi connectivity index (χ4n) is 1.88. The summed E-state index contributed by atoms with van der Waals surface area (Å²) in [5.41, 5.74) is 1.69. The number of hydrogen-bond acceptors (Lipinski definition) is 4. The number of rotatable bonds is 5. The number of anilines is 1. The standard InChI is InChI=1S/C16H16N2O3S/c1-3-21-16-10-14(7-6-13(16)11-17)18-22(19,20)15-8-4-12(2)5-9-15/h4-10,18H,3H2,1-2H3. The summed E-state index contributed by atoms with van der Waals surface area (Å²) < 4.78 is 32.5. The average molecular weight is 316 g/mol. The van der Waals surface area contributed by atoms with Crippen molar-refractivity contribution in [1.82, 2.24) is 0 Å². The lowest BCUT2D eigenvalue weighted by Gasteiger charge is -2.11. The molecule has 1 N–H and O–H groups in total. The third kappa shape index (κ3) is 3.57. The van der Waals surface area contributed by atoms with Gasteiger partial charge in [-0.2, -0.15) is 5.26 Å². The molecule has 0 aliphatic rings. The molecular formula is C16H16N2O3S. The van der Waals surface area contributed by atoms with E-state index in [1.807, 2.05) is 13.0 Å². The zero-order chi connectivity index (χ0) is 16.2. The number of aryl methyl sites for hydroxylation is 1. The molecule has 0 amide bonds. The average Bonchev–Trinajstić information content (AvgIpc) is 2.48. The highest BCUT2D eigenvalue weighted by Crippen LogP contribution is 2.25. The minimum atomic E-state index is -3.67. The molecule has 0 saturated carbocycles. The van der Waals surface area contributed by atoms with Crippen LogP contribution in [0.25, 0.3) is 0 Å². The van der Waals surface area contributed by atoms with Gasteiger partial charge in [0.25, 0.3) is 10.0 Å². The van der Waals surface area contributed by atoms with Crippen molar-refractivity contribution in [3.8, 4) is 11.8 Å². The van der Waals surface area contributed by atoms with Crippen molar-refractivity contribution in [2.45, 2.75) is 18.7 Å². The third-order valence-electron chi connectivity index (χ3n) is 2.99. The summed E-state index contributed by atoms with van der Waals surface area (Å²) in [5.74, 6) is 0.356. The monoisotopic (exact) mass is 316 g/mol. The van der Waals surface area contributed by atoms with E-state index in [2.05, 4.69) is 4.72 Å². The molecule has 0 unspecified atom stereocenters. The zero-order valence-electron chi connectivity index (χ0n) is 12.3. The first-order valence-electron chi connectivity index (χ1n) is 6.72. The maximum Gasteiger partial charge on any atom is 0.261 e. The summed E-state index contributed by atoms with van der Waals surface area (Å²) in [5, 5.41) is 9.00. The Morgan fingerprint density at radius 1 is 1.18 bits per heavy atom. The van der Waals surface area contributed by atoms with Crippen molar-refractivity contribution in [2.75, 3.05) is 11.3 Å². The molecule has 2 aromatic rings. The summed E-state index contributed by atoms with van der Waals surface area (Å²) in [4.78, 5) is 0.181. The summed E-state index contributed by atoms with van der Waals surface area (Å²) in [7, 11) is -3.67. The molecule has 0 radical (unpaired) electrons. The van der Waals surface area contributed by atoms with Gasteiger partial charge in [0.1, 0.15) is 11.8 Å². The van der Waals surface area contributed by atoms with Gasteiger partial charge in [-0.3, -0.25) is 4.72 Å². The van der Waals surface area contributed by atoms with Crippen LogP contribution in [0.4, 0.5) is 5.69 Å². The Bertz CT molecular complexity index is 806. The van der Waals surface area contributed by atoms with Crippen molar-refractivity contribution < 1.29 is 13.2 Å². The first-order chi connectivity index (χ1) is 10.5. The molecule has 0 saturated heterocycles. The van der Waals surface area contributed by atoms with Gasteiger partial charge >= 0.3 is 0 Å². The van der Waals surface area contributed by atoms with Crippen LogP contribution in [-0.4, -0.2) is 15.0 Å². The molecule has 2 rings (SSSR count).